The molecule has 1 fully saturated rings. The lowest BCUT2D eigenvalue weighted by molar-refractivity contribution is -0.0227. The minimum Gasteiger partial charge on any atom is -0.455 e. The van der Waals surface area contributed by atoms with Gasteiger partial charge in [0.1, 0.15) is 34.8 Å². The van der Waals surface area contributed by atoms with Gasteiger partial charge >= 0.3 is 0 Å². The Morgan fingerprint density at radius 3 is 2.56 bits per heavy atom. The number of benzene rings is 3. The number of carbonyl (C=O) groups excluding carboxylic acids is 2. The number of aromatic nitrogens is 1. The number of H-pyrrole nitrogens is 1. The standard InChI is InChI=1S/C31H28F2N4O4/c1-34-30(38)27-21-14-20(24(36(2)3)15-25(21)41-29(27)17-7-9-19(32)10-8-17)26-16-37(11-12-40-26)31(39)23-13-18-5-4-6-22(33)28(18)35-23/h4-10,13-15,26,35H,11-12,16H2,1-3H3,(H,34,38)/t26-/m0/s1. The van der Waals surface area contributed by atoms with Crippen molar-refractivity contribution in [3.63, 3.8) is 0 Å². The first kappa shape index (κ1) is 26.5. The molecular formula is C31H28F2N4O4. The molecule has 210 valence electrons. The van der Waals surface area contributed by atoms with Gasteiger partial charge in [0.05, 0.1) is 24.2 Å². The number of halogens is 2. The summed E-state index contributed by atoms with van der Waals surface area (Å²) in [5.41, 5.74) is 3.54. The smallest absolute Gasteiger partial charge is 0.270 e. The van der Waals surface area contributed by atoms with Crippen molar-refractivity contribution in [3.8, 4) is 11.3 Å². The summed E-state index contributed by atoms with van der Waals surface area (Å²) in [4.78, 5) is 33.1. The number of hydrogen-bond donors (Lipinski definition) is 2. The maximum Gasteiger partial charge on any atom is 0.270 e. The van der Waals surface area contributed by atoms with Crippen LogP contribution in [0.1, 0.15) is 32.5 Å². The van der Waals surface area contributed by atoms with E-state index in [0.717, 1.165) is 11.3 Å². The van der Waals surface area contributed by atoms with Crippen molar-refractivity contribution in [2.75, 3.05) is 45.7 Å². The van der Waals surface area contributed by atoms with Crippen LogP contribution < -0.4 is 10.2 Å². The second kappa shape index (κ2) is 10.4. The highest BCUT2D eigenvalue weighted by molar-refractivity contribution is 6.11. The Morgan fingerprint density at radius 1 is 1.07 bits per heavy atom. The molecule has 6 rings (SSSR count). The Hall–Kier alpha value is -4.70. The SMILES string of the molecule is CNC(=O)c1c(-c2ccc(F)cc2)oc2cc(N(C)C)c([C@@H]3CN(C(=O)c4cc5cccc(F)c5[nH]4)CCO3)cc12. The summed E-state index contributed by atoms with van der Waals surface area (Å²) in [5.74, 6) is -1.09. The van der Waals surface area contributed by atoms with E-state index in [-0.39, 0.29) is 18.4 Å². The third-order valence-corrected chi connectivity index (χ3v) is 7.42. The molecule has 0 spiro atoms. The molecule has 2 N–H and O–H groups in total. The minimum atomic E-state index is -0.502. The molecule has 0 bridgehead atoms. The molecule has 0 unspecified atom stereocenters. The van der Waals surface area contributed by atoms with Gasteiger partial charge in [-0.1, -0.05) is 12.1 Å². The van der Waals surface area contributed by atoms with E-state index in [0.29, 0.717) is 57.6 Å². The van der Waals surface area contributed by atoms with Crippen LogP contribution in [0.4, 0.5) is 14.5 Å². The molecule has 0 saturated carbocycles. The second-order valence-corrected chi connectivity index (χ2v) is 10.2. The van der Waals surface area contributed by atoms with Gasteiger partial charge in [-0.2, -0.15) is 0 Å². The van der Waals surface area contributed by atoms with E-state index in [2.05, 4.69) is 10.3 Å². The number of carbonyl (C=O) groups is 2. The van der Waals surface area contributed by atoms with E-state index in [1.165, 1.54) is 25.2 Å². The van der Waals surface area contributed by atoms with E-state index < -0.39 is 17.7 Å². The average molecular weight is 559 g/mol. The second-order valence-electron chi connectivity index (χ2n) is 10.2. The van der Waals surface area contributed by atoms with Crippen LogP contribution in [0, 0.1) is 11.6 Å². The number of furan rings is 1. The Balaban J connectivity index is 1.40. The number of morpholine rings is 1. The topological polar surface area (TPSA) is 90.8 Å². The van der Waals surface area contributed by atoms with Gasteiger partial charge in [-0.15, -0.1) is 0 Å². The van der Waals surface area contributed by atoms with Gasteiger partial charge < -0.3 is 29.3 Å². The Kier molecular flexibility index (Phi) is 6.70. The van der Waals surface area contributed by atoms with Gasteiger partial charge in [0.15, 0.2) is 0 Å². The van der Waals surface area contributed by atoms with E-state index in [9.17, 15) is 18.4 Å². The predicted octanol–water partition coefficient (Wildman–Crippen LogP) is 5.50. The monoisotopic (exact) mass is 558 g/mol. The van der Waals surface area contributed by atoms with E-state index in [1.54, 1.807) is 35.2 Å². The normalized spacial score (nSPS) is 15.4. The van der Waals surface area contributed by atoms with Gasteiger partial charge in [-0.25, -0.2) is 8.78 Å². The van der Waals surface area contributed by atoms with Crippen LogP contribution in [0.15, 0.2) is 65.1 Å². The maximum absolute atomic E-state index is 14.2. The highest BCUT2D eigenvalue weighted by atomic mass is 19.1. The zero-order valence-electron chi connectivity index (χ0n) is 22.8. The first-order valence-corrected chi connectivity index (χ1v) is 13.2. The van der Waals surface area contributed by atoms with Crippen molar-refractivity contribution in [1.82, 2.24) is 15.2 Å². The van der Waals surface area contributed by atoms with Crippen molar-refractivity contribution in [1.29, 1.82) is 0 Å². The third kappa shape index (κ3) is 4.70. The Labute approximate surface area is 234 Å². The summed E-state index contributed by atoms with van der Waals surface area (Å²) in [6.07, 6.45) is -0.502. The highest BCUT2D eigenvalue weighted by Crippen LogP contribution is 2.40. The first-order chi connectivity index (χ1) is 19.7. The van der Waals surface area contributed by atoms with Crippen LogP contribution in [0.5, 0.6) is 0 Å². The summed E-state index contributed by atoms with van der Waals surface area (Å²) >= 11 is 0. The predicted molar refractivity (Wildman–Crippen MR) is 152 cm³/mol. The molecule has 0 radical (unpaired) electrons. The van der Waals surface area contributed by atoms with Crippen LogP contribution in [0.2, 0.25) is 0 Å². The molecule has 0 aliphatic carbocycles. The number of nitrogens with one attached hydrogen (secondary N) is 2. The summed E-state index contributed by atoms with van der Waals surface area (Å²) in [6, 6.07) is 15.8. The van der Waals surface area contributed by atoms with Crippen molar-refractivity contribution >= 4 is 39.4 Å². The molecule has 5 aromatic rings. The van der Waals surface area contributed by atoms with Crippen LogP contribution in [-0.4, -0.2) is 62.5 Å². The van der Waals surface area contributed by atoms with E-state index >= 15 is 0 Å². The van der Waals surface area contributed by atoms with Gasteiger partial charge in [-0.3, -0.25) is 9.59 Å². The van der Waals surface area contributed by atoms with Gasteiger partial charge in [0, 0.05) is 61.3 Å². The fourth-order valence-electron chi connectivity index (χ4n) is 5.38. The highest BCUT2D eigenvalue weighted by Gasteiger charge is 2.31. The molecule has 2 amide bonds. The maximum atomic E-state index is 14.2. The van der Waals surface area contributed by atoms with Gasteiger partial charge in [0.2, 0.25) is 0 Å². The lowest BCUT2D eigenvalue weighted by Gasteiger charge is -2.34. The number of nitrogens with zero attached hydrogens (tertiary/aromatic N) is 2. The lowest BCUT2D eigenvalue weighted by Crippen LogP contribution is -2.42. The summed E-state index contributed by atoms with van der Waals surface area (Å²) < 4.78 is 40.2. The summed E-state index contributed by atoms with van der Waals surface area (Å²) in [5, 5.41) is 3.87. The minimum absolute atomic E-state index is 0.251. The number of hydrogen-bond acceptors (Lipinski definition) is 5. The van der Waals surface area contributed by atoms with Crippen molar-refractivity contribution in [2.45, 2.75) is 6.10 Å². The van der Waals surface area contributed by atoms with E-state index in [4.69, 9.17) is 9.15 Å². The molecule has 1 aliphatic heterocycles. The molecule has 41 heavy (non-hydrogen) atoms. The Bertz CT molecular complexity index is 1790. The molecule has 3 heterocycles. The number of anilines is 1. The average Bonchev–Trinajstić information content (AvgIpc) is 3.59. The number of aromatic amines is 1. The quantitative estimate of drug-likeness (QED) is 0.297. The van der Waals surface area contributed by atoms with Gasteiger partial charge in [-0.05, 0) is 42.5 Å². The zero-order valence-corrected chi connectivity index (χ0v) is 22.8. The molecule has 3 aromatic carbocycles. The van der Waals surface area contributed by atoms with Crippen LogP contribution in [-0.2, 0) is 4.74 Å². The fraction of sp³-hybridized carbons (Fsp3) is 0.226. The number of amides is 2. The molecule has 10 heteroatoms. The number of para-hydroxylation sites is 1. The van der Waals surface area contributed by atoms with Crippen LogP contribution in [0.3, 0.4) is 0 Å². The molecule has 1 aliphatic rings. The fourth-order valence-corrected chi connectivity index (χ4v) is 5.38. The van der Waals surface area contributed by atoms with Crippen molar-refractivity contribution < 1.29 is 27.5 Å². The van der Waals surface area contributed by atoms with Crippen molar-refractivity contribution in [3.05, 3.63) is 89.1 Å². The number of rotatable bonds is 5. The lowest BCUT2D eigenvalue weighted by atomic mass is 9.98. The number of fused-ring (bicyclic) bond motifs is 2. The zero-order chi connectivity index (χ0) is 28.8. The molecule has 1 saturated heterocycles. The molecule has 1 atom stereocenters. The molecular weight excluding hydrogens is 530 g/mol. The third-order valence-electron chi connectivity index (χ3n) is 7.42. The largest absolute Gasteiger partial charge is 0.455 e. The van der Waals surface area contributed by atoms with Gasteiger partial charge in [0.25, 0.3) is 11.8 Å². The van der Waals surface area contributed by atoms with Crippen LogP contribution >= 0.6 is 0 Å². The van der Waals surface area contributed by atoms with E-state index in [1.807, 2.05) is 31.1 Å². The summed E-state index contributed by atoms with van der Waals surface area (Å²) in [7, 11) is 5.31. The molecule has 2 aromatic heterocycles. The van der Waals surface area contributed by atoms with Crippen molar-refractivity contribution in [2.24, 2.45) is 0 Å². The Morgan fingerprint density at radius 2 is 1.85 bits per heavy atom. The number of ether oxygens (including phenoxy) is 1. The van der Waals surface area contributed by atoms with Crippen LogP contribution in [0.25, 0.3) is 33.2 Å². The first-order valence-electron chi connectivity index (χ1n) is 13.2. The summed E-state index contributed by atoms with van der Waals surface area (Å²) in [6.45, 7) is 0.919. The molecule has 8 nitrogen and oxygen atoms in total.